The second-order valence-corrected chi connectivity index (χ2v) is 4.66. The van der Waals surface area contributed by atoms with E-state index >= 15 is 0 Å². The van der Waals surface area contributed by atoms with E-state index in [2.05, 4.69) is 25.6 Å². The second kappa shape index (κ2) is 2.30. The number of hydrogen-bond acceptors (Lipinski definition) is 1. The Kier molecular flexibility index (Phi) is 1.56. The van der Waals surface area contributed by atoms with Crippen molar-refractivity contribution in [2.45, 2.75) is 26.7 Å². The Bertz CT molecular complexity index is 163. The van der Waals surface area contributed by atoms with Crippen molar-refractivity contribution in [1.29, 1.82) is 0 Å². The lowest BCUT2D eigenvalue weighted by molar-refractivity contribution is 0.566. The maximum absolute atomic E-state index is 2.38. The van der Waals surface area contributed by atoms with Crippen molar-refractivity contribution >= 4 is 11.8 Å². The van der Waals surface area contributed by atoms with Crippen LogP contribution in [0.3, 0.4) is 0 Å². The summed E-state index contributed by atoms with van der Waals surface area (Å²) in [6.07, 6.45) is 2.79. The van der Waals surface area contributed by atoms with Gasteiger partial charge in [0.2, 0.25) is 0 Å². The molecule has 0 radical (unpaired) electrons. The molecule has 10 heavy (non-hydrogen) atoms. The van der Waals surface area contributed by atoms with Crippen LogP contribution in [0.2, 0.25) is 0 Å². The van der Waals surface area contributed by atoms with Crippen LogP contribution in [0, 0.1) is 11.8 Å². The Morgan fingerprint density at radius 1 is 1.30 bits per heavy atom. The van der Waals surface area contributed by atoms with Crippen LogP contribution in [0.5, 0.6) is 0 Å². The molecule has 0 bridgehead atoms. The lowest BCUT2D eigenvalue weighted by Crippen LogP contribution is -1.95. The predicted molar refractivity (Wildman–Crippen MR) is 47.0 cm³/mol. The van der Waals surface area contributed by atoms with Gasteiger partial charge in [-0.3, -0.25) is 0 Å². The van der Waals surface area contributed by atoms with Gasteiger partial charge in [0.15, 0.2) is 0 Å². The van der Waals surface area contributed by atoms with Crippen molar-refractivity contribution in [3.63, 3.8) is 0 Å². The fraction of sp³-hybridized carbons (Fsp3) is 0.778. The highest BCUT2D eigenvalue weighted by molar-refractivity contribution is 8.03. The predicted octanol–water partition coefficient (Wildman–Crippen LogP) is 3.05. The molecular formula is C9H14S. The molecular weight excluding hydrogens is 140 g/mol. The van der Waals surface area contributed by atoms with Crippen LogP contribution in [-0.2, 0) is 0 Å². The maximum atomic E-state index is 2.38. The standard InChI is InChI=1S/C9H14S/c1-6-5-7(2)9-8(6)3-4-10-9/h6-7H,3-5H2,1-2H3. The van der Waals surface area contributed by atoms with E-state index in [1.54, 1.807) is 10.5 Å². The normalized spacial score (nSPS) is 39.0. The third-order valence-corrected chi connectivity index (χ3v) is 4.08. The largest absolute Gasteiger partial charge is 0.130 e. The molecule has 1 aliphatic heterocycles. The highest BCUT2D eigenvalue weighted by Crippen LogP contribution is 2.48. The molecule has 0 saturated carbocycles. The van der Waals surface area contributed by atoms with Gasteiger partial charge in [0.1, 0.15) is 0 Å². The van der Waals surface area contributed by atoms with Gasteiger partial charge >= 0.3 is 0 Å². The van der Waals surface area contributed by atoms with Gasteiger partial charge in [-0.15, -0.1) is 11.8 Å². The van der Waals surface area contributed by atoms with Gasteiger partial charge in [-0.05, 0) is 29.6 Å². The summed E-state index contributed by atoms with van der Waals surface area (Å²) in [7, 11) is 0. The smallest absolute Gasteiger partial charge is 0.00147 e. The van der Waals surface area contributed by atoms with Crippen molar-refractivity contribution in [1.82, 2.24) is 0 Å². The first-order valence-corrected chi connectivity index (χ1v) is 5.13. The molecule has 0 aromatic heterocycles. The highest BCUT2D eigenvalue weighted by Gasteiger charge is 2.31. The van der Waals surface area contributed by atoms with Crippen LogP contribution in [-0.4, -0.2) is 5.75 Å². The third-order valence-electron chi connectivity index (χ3n) is 2.70. The Labute approximate surface area is 67.1 Å². The monoisotopic (exact) mass is 154 g/mol. The van der Waals surface area contributed by atoms with E-state index in [1.165, 1.54) is 18.6 Å². The van der Waals surface area contributed by atoms with E-state index in [1.807, 2.05) is 0 Å². The number of thioether (sulfide) groups is 1. The molecule has 2 atom stereocenters. The molecule has 56 valence electrons. The zero-order valence-electron chi connectivity index (χ0n) is 6.68. The summed E-state index contributed by atoms with van der Waals surface area (Å²) in [6.45, 7) is 4.75. The topological polar surface area (TPSA) is 0 Å². The Morgan fingerprint density at radius 3 is 2.80 bits per heavy atom. The van der Waals surface area contributed by atoms with Crippen molar-refractivity contribution in [2.75, 3.05) is 5.75 Å². The van der Waals surface area contributed by atoms with Crippen molar-refractivity contribution < 1.29 is 0 Å². The fourth-order valence-corrected chi connectivity index (χ4v) is 3.63. The van der Waals surface area contributed by atoms with E-state index in [9.17, 15) is 0 Å². The van der Waals surface area contributed by atoms with Gasteiger partial charge in [-0.2, -0.15) is 0 Å². The third kappa shape index (κ3) is 0.833. The van der Waals surface area contributed by atoms with Crippen LogP contribution in [0.15, 0.2) is 10.5 Å². The van der Waals surface area contributed by atoms with Crippen molar-refractivity contribution in [2.24, 2.45) is 11.8 Å². The number of hydrogen-bond donors (Lipinski definition) is 0. The Hall–Kier alpha value is 0.0900. The lowest BCUT2D eigenvalue weighted by atomic mass is 10.0. The average Bonchev–Trinajstić information content (AvgIpc) is 2.39. The summed E-state index contributed by atoms with van der Waals surface area (Å²) < 4.78 is 0. The quantitative estimate of drug-likeness (QED) is 0.517. The van der Waals surface area contributed by atoms with Crippen molar-refractivity contribution in [3.8, 4) is 0 Å². The summed E-state index contributed by atoms with van der Waals surface area (Å²) >= 11 is 2.10. The van der Waals surface area contributed by atoms with Gasteiger partial charge < -0.3 is 0 Å². The molecule has 0 aromatic carbocycles. The second-order valence-electron chi connectivity index (χ2n) is 3.53. The lowest BCUT2D eigenvalue weighted by Gasteiger charge is -2.07. The molecule has 1 heterocycles. The van der Waals surface area contributed by atoms with E-state index in [0.29, 0.717) is 0 Å². The minimum atomic E-state index is 0.887. The number of rotatable bonds is 0. The summed E-state index contributed by atoms with van der Waals surface area (Å²) in [4.78, 5) is 1.74. The zero-order valence-corrected chi connectivity index (χ0v) is 7.50. The first-order chi connectivity index (χ1) is 4.79. The van der Waals surface area contributed by atoms with Gasteiger partial charge in [0.25, 0.3) is 0 Å². The van der Waals surface area contributed by atoms with E-state index in [4.69, 9.17) is 0 Å². The summed E-state index contributed by atoms with van der Waals surface area (Å²) in [5, 5.41) is 0. The molecule has 0 amide bonds. The zero-order chi connectivity index (χ0) is 7.14. The molecule has 0 spiro atoms. The van der Waals surface area contributed by atoms with Gasteiger partial charge in [-0.25, -0.2) is 0 Å². The molecule has 2 aliphatic rings. The minimum Gasteiger partial charge on any atom is -0.130 e. The van der Waals surface area contributed by atoms with Crippen LogP contribution < -0.4 is 0 Å². The summed E-state index contributed by atoms with van der Waals surface area (Å²) in [6, 6.07) is 0. The van der Waals surface area contributed by atoms with E-state index in [0.717, 1.165) is 11.8 Å². The maximum Gasteiger partial charge on any atom is 0.00147 e. The Morgan fingerprint density at radius 2 is 2.10 bits per heavy atom. The molecule has 0 aromatic rings. The van der Waals surface area contributed by atoms with E-state index < -0.39 is 0 Å². The molecule has 0 fully saturated rings. The van der Waals surface area contributed by atoms with Crippen LogP contribution >= 0.6 is 11.8 Å². The molecule has 2 unspecified atom stereocenters. The molecule has 1 aliphatic carbocycles. The van der Waals surface area contributed by atoms with Gasteiger partial charge in [-0.1, -0.05) is 19.4 Å². The van der Waals surface area contributed by atoms with Crippen molar-refractivity contribution in [3.05, 3.63) is 10.5 Å². The van der Waals surface area contributed by atoms with Crippen LogP contribution in [0.25, 0.3) is 0 Å². The minimum absolute atomic E-state index is 0.887. The van der Waals surface area contributed by atoms with Crippen LogP contribution in [0.1, 0.15) is 26.7 Å². The highest BCUT2D eigenvalue weighted by atomic mass is 32.2. The molecule has 1 heteroatoms. The first kappa shape index (κ1) is 6.78. The SMILES string of the molecule is CC1CC(C)C2=C1CCS2. The number of allylic oxidation sites excluding steroid dienone is 2. The summed E-state index contributed by atoms with van der Waals surface area (Å²) in [5.74, 6) is 3.15. The Balaban J connectivity index is 2.27. The van der Waals surface area contributed by atoms with Gasteiger partial charge in [0.05, 0.1) is 0 Å². The molecule has 0 N–H and O–H groups in total. The molecule has 0 nitrogen and oxygen atoms in total. The van der Waals surface area contributed by atoms with Gasteiger partial charge in [0, 0.05) is 5.75 Å². The molecule has 2 rings (SSSR count). The fourth-order valence-electron chi connectivity index (χ4n) is 2.21. The summed E-state index contributed by atoms with van der Waals surface area (Å²) in [5.41, 5.74) is 1.79. The average molecular weight is 154 g/mol. The van der Waals surface area contributed by atoms with Crippen LogP contribution in [0.4, 0.5) is 0 Å². The molecule has 0 saturated heterocycles. The first-order valence-electron chi connectivity index (χ1n) is 4.14. The van der Waals surface area contributed by atoms with E-state index in [-0.39, 0.29) is 0 Å².